The summed E-state index contributed by atoms with van der Waals surface area (Å²) in [7, 11) is -3.49. The van der Waals surface area contributed by atoms with Crippen LogP contribution in [-0.2, 0) is 16.4 Å². The van der Waals surface area contributed by atoms with Crippen molar-refractivity contribution in [2.45, 2.75) is 52.4 Å². The van der Waals surface area contributed by atoms with Gasteiger partial charge in [-0.2, -0.15) is 0 Å². The molecule has 0 aromatic heterocycles. The van der Waals surface area contributed by atoms with Gasteiger partial charge < -0.3 is 0 Å². The molecule has 130 valence electrons. The molecule has 0 radical (unpaired) electrons. The normalized spacial score (nSPS) is 11.7. The van der Waals surface area contributed by atoms with Crippen LogP contribution in [0.2, 0.25) is 0 Å². The Kier molecular flexibility index (Phi) is 5.83. The maximum atomic E-state index is 12.8. The molecule has 0 spiro atoms. The van der Waals surface area contributed by atoms with E-state index in [0.717, 1.165) is 35.1 Å². The van der Waals surface area contributed by atoms with Crippen molar-refractivity contribution in [2.75, 3.05) is 6.54 Å². The fourth-order valence-electron chi connectivity index (χ4n) is 3.08. The average molecular weight is 346 g/mol. The summed E-state index contributed by atoms with van der Waals surface area (Å²) >= 11 is 0. The summed E-state index contributed by atoms with van der Waals surface area (Å²) in [5.74, 6) is 0. The molecule has 0 fully saturated rings. The largest absolute Gasteiger partial charge is 0.241 e. The molecule has 0 aliphatic heterocycles. The van der Waals surface area contributed by atoms with Crippen LogP contribution in [0.15, 0.2) is 35.2 Å². The molecule has 2 aromatic carbocycles. The van der Waals surface area contributed by atoms with Gasteiger partial charge in [0.2, 0.25) is 10.0 Å². The van der Waals surface area contributed by atoms with Gasteiger partial charge in [0.1, 0.15) is 0 Å². The third kappa shape index (κ3) is 3.87. The molecule has 0 unspecified atom stereocenters. The molecule has 0 saturated heterocycles. The quantitative estimate of drug-likeness (QED) is 0.800. The molecule has 1 N–H and O–H groups in total. The Labute approximate surface area is 146 Å². The van der Waals surface area contributed by atoms with Crippen molar-refractivity contribution >= 4 is 10.0 Å². The van der Waals surface area contributed by atoms with Gasteiger partial charge in [0.15, 0.2) is 0 Å². The van der Waals surface area contributed by atoms with Gasteiger partial charge in [0.05, 0.1) is 4.90 Å². The van der Waals surface area contributed by atoms with Crippen LogP contribution in [0.3, 0.4) is 0 Å². The highest BCUT2D eigenvalue weighted by Crippen LogP contribution is 2.29. The van der Waals surface area contributed by atoms with Crippen molar-refractivity contribution < 1.29 is 8.42 Å². The summed E-state index contributed by atoms with van der Waals surface area (Å²) in [6.45, 7) is 10.3. The third-order valence-electron chi connectivity index (χ3n) is 4.98. The van der Waals surface area contributed by atoms with E-state index in [1.54, 1.807) is 0 Å². The van der Waals surface area contributed by atoms with Crippen LogP contribution in [0.4, 0.5) is 0 Å². The first-order chi connectivity index (χ1) is 11.3. The third-order valence-corrected chi connectivity index (χ3v) is 6.71. The lowest BCUT2D eigenvalue weighted by atomic mass is 9.95. The predicted molar refractivity (Wildman–Crippen MR) is 100 cm³/mol. The number of hydrogen-bond acceptors (Lipinski definition) is 2. The zero-order valence-corrected chi connectivity index (χ0v) is 16.0. The molecule has 4 heteroatoms. The van der Waals surface area contributed by atoms with E-state index in [1.807, 2.05) is 52.8 Å². The second-order valence-electron chi connectivity index (χ2n) is 6.44. The van der Waals surface area contributed by atoms with Crippen LogP contribution in [0.1, 0.15) is 39.8 Å². The van der Waals surface area contributed by atoms with Gasteiger partial charge in [0.25, 0.3) is 0 Å². The smallest absolute Gasteiger partial charge is 0.211 e. The second-order valence-corrected chi connectivity index (χ2v) is 8.14. The Balaban J connectivity index is 2.14. The molecule has 0 atom stereocenters. The SMILES string of the molecule is Cc1c(C)c(C)c(S(=O)(=O)NCCCc2ccccc2)c(C)c1C. The van der Waals surface area contributed by atoms with Crippen LogP contribution in [-0.4, -0.2) is 15.0 Å². The molecule has 2 aromatic rings. The lowest BCUT2D eigenvalue weighted by Crippen LogP contribution is -2.27. The summed E-state index contributed by atoms with van der Waals surface area (Å²) in [6, 6.07) is 10.1. The zero-order valence-electron chi connectivity index (χ0n) is 15.2. The van der Waals surface area contributed by atoms with Gasteiger partial charge in [-0.1, -0.05) is 30.3 Å². The number of hydrogen-bond donors (Lipinski definition) is 1. The molecule has 0 heterocycles. The number of benzene rings is 2. The molecule has 24 heavy (non-hydrogen) atoms. The molecule has 0 saturated carbocycles. The van der Waals surface area contributed by atoms with Crippen LogP contribution >= 0.6 is 0 Å². The van der Waals surface area contributed by atoms with Gasteiger partial charge in [-0.15, -0.1) is 0 Å². The van der Waals surface area contributed by atoms with Gasteiger partial charge >= 0.3 is 0 Å². The number of rotatable bonds is 6. The lowest BCUT2D eigenvalue weighted by molar-refractivity contribution is 0.577. The lowest BCUT2D eigenvalue weighted by Gasteiger charge is -2.19. The molecular formula is C20H27NO2S. The van der Waals surface area contributed by atoms with Gasteiger partial charge in [0, 0.05) is 6.54 Å². The maximum Gasteiger partial charge on any atom is 0.241 e. The number of aryl methyl sites for hydroxylation is 1. The maximum absolute atomic E-state index is 12.8. The summed E-state index contributed by atoms with van der Waals surface area (Å²) in [5.41, 5.74) is 6.22. The molecule has 0 aliphatic carbocycles. The molecule has 2 rings (SSSR count). The molecule has 0 aliphatic rings. The van der Waals surface area contributed by atoms with Gasteiger partial charge in [-0.3, -0.25) is 0 Å². The first-order valence-corrected chi connectivity index (χ1v) is 9.84. The van der Waals surface area contributed by atoms with Crippen LogP contribution in [0, 0.1) is 34.6 Å². The Morgan fingerprint density at radius 1 is 0.792 bits per heavy atom. The Hall–Kier alpha value is -1.65. The first kappa shape index (κ1) is 18.7. The van der Waals surface area contributed by atoms with E-state index in [0.29, 0.717) is 11.4 Å². The van der Waals surface area contributed by atoms with Crippen molar-refractivity contribution in [3.05, 3.63) is 63.7 Å². The van der Waals surface area contributed by atoms with Crippen molar-refractivity contribution in [2.24, 2.45) is 0 Å². The number of sulfonamides is 1. The summed E-state index contributed by atoms with van der Waals surface area (Å²) in [6.07, 6.45) is 1.65. The van der Waals surface area contributed by atoms with Crippen LogP contribution in [0.5, 0.6) is 0 Å². The highest BCUT2D eigenvalue weighted by atomic mass is 32.2. The standard InChI is InChI=1S/C20H27NO2S/c1-14-15(2)17(4)20(18(5)16(14)3)24(22,23)21-13-9-12-19-10-7-6-8-11-19/h6-8,10-11,21H,9,12-13H2,1-5H3. The van der Waals surface area contributed by atoms with Gasteiger partial charge in [-0.05, 0) is 80.8 Å². The van der Waals surface area contributed by atoms with E-state index >= 15 is 0 Å². The fraction of sp³-hybridized carbons (Fsp3) is 0.400. The van der Waals surface area contributed by atoms with E-state index in [9.17, 15) is 8.42 Å². The highest BCUT2D eigenvalue weighted by Gasteiger charge is 2.23. The molecule has 0 amide bonds. The van der Waals surface area contributed by atoms with E-state index < -0.39 is 10.0 Å². The minimum Gasteiger partial charge on any atom is -0.211 e. The van der Waals surface area contributed by atoms with Crippen molar-refractivity contribution in [3.8, 4) is 0 Å². The first-order valence-electron chi connectivity index (χ1n) is 8.36. The molecule has 0 bridgehead atoms. The Morgan fingerprint density at radius 3 is 1.83 bits per heavy atom. The Bertz CT molecular complexity index is 795. The van der Waals surface area contributed by atoms with Crippen LogP contribution < -0.4 is 4.72 Å². The second kappa shape index (κ2) is 7.49. The van der Waals surface area contributed by atoms with Crippen molar-refractivity contribution in [1.29, 1.82) is 0 Å². The van der Waals surface area contributed by atoms with E-state index in [4.69, 9.17) is 0 Å². The van der Waals surface area contributed by atoms with E-state index in [1.165, 1.54) is 11.1 Å². The minimum atomic E-state index is -3.49. The molecule has 3 nitrogen and oxygen atoms in total. The fourth-order valence-corrected chi connectivity index (χ4v) is 4.75. The van der Waals surface area contributed by atoms with E-state index in [-0.39, 0.29) is 0 Å². The summed E-state index contributed by atoms with van der Waals surface area (Å²) in [5, 5.41) is 0. The summed E-state index contributed by atoms with van der Waals surface area (Å²) in [4.78, 5) is 0.447. The monoisotopic (exact) mass is 345 g/mol. The highest BCUT2D eigenvalue weighted by molar-refractivity contribution is 7.89. The Morgan fingerprint density at radius 2 is 1.29 bits per heavy atom. The predicted octanol–water partition coefficient (Wildman–Crippen LogP) is 4.14. The van der Waals surface area contributed by atoms with Crippen molar-refractivity contribution in [3.63, 3.8) is 0 Å². The van der Waals surface area contributed by atoms with Crippen LogP contribution in [0.25, 0.3) is 0 Å². The molecular weight excluding hydrogens is 318 g/mol. The van der Waals surface area contributed by atoms with Crippen molar-refractivity contribution in [1.82, 2.24) is 4.72 Å². The zero-order chi connectivity index (χ0) is 17.9. The van der Waals surface area contributed by atoms with Gasteiger partial charge in [-0.25, -0.2) is 13.1 Å². The minimum absolute atomic E-state index is 0.447. The van der Waals surface area contributed by atoms with E-state index in [2.05, 4.69) is 16.9 Å². The topological polar surface area (TPSA) is 46.2 Å². The summed E-state index contributed by atoms with van der Waals surface area (Å²) < 4.78 is 28.4. The number of nitrogens with one attached hydrogen (secondary N) is 1. The average Bonchev–Trinajstić information content (AvgIpc) is 2.56.